The van der Waals surface area contributed by atoms with Gasteiger partial charge in [0, 0.05) is 6.92 Å². The standard InChI is InChI=1S/C9H15F2NOS/c1-6(9(2,10)11)12-8(13)7-4-3-5-14-7/h6-7H,3-5H2,1-2H3,(H,12,13)/t6-,7+/m0/s1. The summed E-state index contributed by atoms with van der Waals surface area (Å²) < 4.78 is 25.5. The number of amides is 1. The van der Waals surface area contributed by atoms with E-state index in [-0.39, 0.29) is 11.2 Å². The molecule has 1 saturated heterocycles. The van der Waals surface area contributed by atoms with E-state index in [0.717, 1.165) is 25.5 Å². The minimum atomic E-state index is -2.85. The maximum atomic E-state index is 12.7. The number of hydrogen-bond acceptors (Lipinski definition) is 2. The van der Waals surface area contributed by atoms with Gasteiger partial charge in [-0.1, -0.05) is 0 Å². The summed E-state index contributed by atoms with van der Waals surface area (Å²) in [5, 5.41) is 2.23. The van der Waals surface area contributed by atoms with Gasteiger partial charge in [0.25, 0.3) is 5.92 Å². The lowest BCUT2D eigenvalue weighted by Crippen LogP contribution is -2.46. The van der Waals surface area contributed by atoms with E-state index in [1.165, 1.54) is 6.92 Å². The third-order valence-corrected chi connectivity index (χ3v) is 3.72. The molecule has 1 aliphatic heterocycles. The van der Waals surface area contributed by atoms with E-state index in [1.807, 2.05) is 0 Å². The van der Waals surface area contributed by atoms with Gasteiger partial charge < -0.3 is 5.32 Å². The first-order valence-electron chi connectivity index (χ1n) is 4.71. The van der Waals surface area contributed by atoms with Crippen LogP contribution in [0.2, 0.25) is 0 Å². The van der Waals surface area contributed by atoms with Crippen molar-refractivity contribution in [1.82, 2.24) is 5.32 Å². The lowest BCUT2D eigenvalue weighted by Gasteiger charge is -2.22. The number of thioether (sulfide) groups is 1. The van der Waals surface area contributed by atoms with Crippen molar-refractivity contribution in [3.63, 3.8) is 0 Å². The Morgan fingerprint density at radius 1 is 1.64 bits per heavy atom. The van der Waals surface area contributed by atoms with Crippen molar-refractivity contribution in [3.05, 3.63) is 0 Å². The van der Waals surface area contributed by atoms with Crippen molar-refractivity contribution >= 4 is 17.7 Å². The number of rotatable bonds is 3. The number of nitrogens with one attached hydrogen (secondary N) is 1. The van der Waals surface area contributed by atoms with E-state index < -0.39 is 12.0 Å². The molecule has 0 aromatic carbocycles. The lowest BCUT2D eigenvalue weighted by molar-refractivity contribution is -0.124. The monoisotopic (exact) mass is 223 g/mol. The van der Waals surface area contributed by atoms with Crippen LogP contribution in [0.5, 0.6) is 0 Å². The summed E-state index contributed by atoms with van der Waals surface area (Å²) in [6.07, 6.45) is 1.80. The van der Waals surface area contributed by atoms with Gasteiger partial charge in [0.15, 0.2) is 0 Å². The summed E-state index contributed by atoms with van der Waals surface area (Å²) in [7, 11) is 0. The molecule has 1 heterocycles. The van der Waals surface area contributed by atoms with E-state index >= 15 is 0 Å². The molecule has 2 nitrogen and oxygen atoms in total. The van der Waals surface area contributed by atoms with Crippen molar-refractivity contribution < 1.29 is 13.6 Å². The topological polar surface area (TPSA) is 29.1 Å². The van der Waals surface area contributed by atoms with Crippen molar-refractivity contribution in [2.75, 3.05) is 5.75 Å². The highest BCUT2D eigenvalue weighted by Crippen LogP contribution is 2.27. The van der Waals surface area contributed by atoms with Crippen LogP contribution in [0.25, 0.3) is 0 Å². The lowest BCUT2D eigenvalue weighted by atomic mass is 10.2. The molecule has 1 rings (SSSR count). The number of carbonyl (C=O) groups is 1. The molecule has 14 heavy (non-hydrogen) atoms. The van der Waals surface area contributed by atoms with Gasteiger partial charge in [-0.3, -0.25) is 4.79 Å². The summed E-state index contributed by atoms with van der Waals surface area (Å²) in [5.41, 5.74) is 0. The summed E-state index contributed by atoms with van der Waals surface area (Å²) in [6, 6.07) is -1.09. The minimum Gasteiger partial charge on any atom is -0.347 e. The van der Waals surface area contributed by atoms with Crippen molar-refractivity contribution in [3.8, 4) is 0 Å². The predicted molar refractivity (Wildman–Crippen MR) is 53.7 cm³/mol. The van der Waals surface area contributed by atoms with Gasteiger partial charge in [0.05, 0.1) is 11.3 Å². The number of alkyl halides is 2. The van der Waals surface area contributed by atoms with Crippen LogP contribution >= 0.6 is 11.8 Å². The Kier molecular flexibility index (Phi) is 3.75. The van der Waals surface area contributed by atoms with Crippen molar-refractivity contribution in [1.29, 1.82) is 0 Å². The molecule has 0 unspecified atom stereocenters. The third-order valence-electron chi connectivity index (χ3n) is 2.34. The van der Waals surface area contributed by atoms with E-state index in [2.05, 4.69) is 5.32 Å². The second-order valence-corrected chi connectivity index (χ2v) is 5.00. The molecule has 0 saturated carbocycles. The highest BCUT2D eigenvalue weighted by atomic mass is 32.2. The fourth-order valence-corrected chi connectivity index (χ4v) is 2.39. The summed E-state index contributed by atoms with van der Waals surface area (Å²) in [4.78, 5) is 11.4. The molecule has 0 radical (unpaired) electrons. The maximum absolute atomic E-state index is 12.7. The van der Waals surface area contributed by atoms with E-state index in [4.69, 9.17) is 0 Å². The third kappa shape index (κ3) is 3.12. The zero-order valence-electron chi connectivity index (χ0n) is 8.35. The first-order valence-corrected chi connectivity index (χ1v) is 5.76. The molecule has 1 aliphatic rings. The molecule has 5 heteroatoms. The predicted octanol–water partition coefficient (Wildman–Crippen LogP) is 2.04. The molecule has 0 bridgehead atoms. The number of halogens is 2. The largest absolute Gasteiger partial charge is 0.347 e. The van der Waals surface area contributed by atoms with Crippen LogP contribution in [0, 0.1) is 0 Å². The maximum Gasteiger partial charge on any atom is 0.264 e. The molecule has 1 amide bonds. The first-order chi connectivity index (χ1) is 6.41. The molecular weight excluding hydrogens is 208 g/mol. The molecule has 0 spiro atoms. The summed E-state index contributed by atoms with van der Waals surface area (Å²) >= 11 is 1.55. The number of carbonyl (C=O) groups excluding carboxylic acids is 1. The van der Waals surface area contributed by atoms with Gasteiger partial charge in [0.1, 0.15) is 0 Å². The average molecular weight is 223 g/mol. The molecule has 2 atom stereocenters. The fraction of sp³-hybridized carbons (Fsp3) is 0.889. The zero-order valence-corrected chi connectivity index (χ0v) is 9.16. The normalized spacial score (nSPS) is 24.7. The molecular formula is C9H15F2NOS. The van der Waals surface area contributed by atoms with Crippen LogP contribution in [0.4, 0.5) is 8.78 Å². The summed E-state index contributed by atoms with van der Waals surface area (Å²) in [6.45, 7) is 2.15. The van der Waals surface area contributed by atoms with Gasteiger partial charge in [0.2, 0.25) is 5.91 Å². The zero-order chi connectivity index (χ0) is 10.8. The average Bonchev–Trinajstić information content (AvgIpc) is 2.53. The van der Waals surface area contributed by atoms with Crippen LogP contribution in [0.1, 0.15) is 26.7 Å². The van der Waals surface area contributed by atoms with Crippen LogP contribution in [-0.4, -0.2) is 28.9 Å². The van der Waals surface area contributed by atoms with E-state index in [1.54, 1.807) is 11.8 Å². The van der Waals surface area contributed by atoms with Crippen LogP contribution < -0.4 is 5.32 Å². The van der Waals surface area contributed by atoms with Crippen LogP contribution in [-0.2, 0) is 4.79 Å². The molecule has 0 aromatic heterocycles. The quantitative estimate of drug-likeness (QED) is 0.793. The Hall–Kier alpha value is -0.320. The smallest absolute Gasteiger partial charge is 0.264 e. The highest BCUT2D eigenvalue weighted by Gasteiger charge is 2.33. The second kappa shape index (κ2) is 4.47. The van der Waals surface area contributed by atoms with Crippen LogP contribution in [0.3, 0.4) is 0 Å². The van der Waals surface area contributed by atoms with E-state index in [0.29, 0.717) is 0 Å². The second-order valence-electron chi connectivity index (χ2n) is 3.69. The van der Waals surface area contributed by atoms with Crippen molar-refractivity contribution in [2.24, 2.45) is 0 Å². The van der Waals surface area contributed by atoms with Gasteiger partial charge in [-0.15, -0.1) is 11.8 Å². The molecule has 82 valence electrons. The first kappa shape index (κ1) is 11.8. The van der Waals surface area contributed by atoms with Gasteiger partial charge in [-0.2, -0.15) is 0 Å². The number of hydrogen-bond donors (Lipinski definition) is 1. The molecule has 0 aromatic rings. The minimum absolute atomic E-state index is 0.125. The Morgan fingerprint density at radius 3 is 2.71 bits per heavy atom. The van der Waals surface area contributed by atoms with Crippen LogP contribution in [0.15, 0.2) is 0 Å². The van der Waals surface area contributed by atoms with Gasteiger partial charge in [-0.05, 0) is 25.5 Å². The highest BCUT2D eigenvalue weighted by molar-refractivity contribution is 8.00. The van der Waals surface area contributed by atoms with E-state index in [9.17, 15) is 13.6 Å². The Labute approximate surface area is 86.8 Å². The molecule has 1 N–H and O–H groups in total. The molecule has 0 aliphatic carbocycles. The van der Waals surface area contributed by atoms with Crippen molar-refractivity contribution in [2.45, 2.75) is 43.9 Å². The Balaban J connectivity index is 2.40. The fourth-order valence-electron chi connectivity index (χ4n) is 1.22. The summed E-state index contributed by atoms with van der Waals surface area (Å²) in [5.74, 6) is -2.14. The van der Waals surface area contributed by atoms with Gasteiger partial charge in [-0.25, -0.2) is 8.78 Å². The molecule has 1 fully saturated rings. The van der Waals surface area contributed by atoms with Gasteiger partial charge >= 0.3 is 0 Å². The Morgan fingerprint density at radius 2 is 2.29 bits per heavy atom. The Bertz CT molecular complexity index is 211. The SMILES string of the molecule is C[C@H](NC(=O)[C@H]1CCCS1)C(C)(F)F.